The van der Waals surface area contributed by atoms with Crippen molar-refractivity contribution in [2.24, 2.45) is 0 Å². The molecule has 44 heavy (non-hydrogen) atoms. The van der Waals surface area contributed by atoms with E-state index in [-0.39, 0.29) is 32.1 Å². The van der Waals surface area contributed by atoms with E-state index in [0.717, 1.165) is 70.6 Å². The molecule has 1 amide bonds. The number of aliphatic hydroxyl groups is 1. The summed E-state index contributed by atoms with van der Waals surface area (Å²) >= 11 is 0. The van der Waals surface area contributed by atoms with Gasteiger partial charge in [-0.1, -0.05) is 122 Å². The van der Waals surface area contributed by atoms with Crippen LogP contribution in [0.1, 0.15) is 149 Å². The zero-order valence-corrected chi connectivity index (χ0v) is 28.7. The lowest BCUT2D eigenvalue weighted by atomic mass is 10.1. The monoisotopic (exact) mass is 645 g/mol. The van der Waals surface area contributed by atoms with E-state index in [1.807, 2.05) is 0 Å². The van der Waals surface area contributed by atoms with E-state index in [0.29, 0.717) is 6.42 Å². The second-order valence-corrected chi connectivity index (χ2v) is 12.9. The first-order chi connectivity index (χ1) is 21.3. The highest BCUT2D eigenvalue weighted by atomic mass is 31.2. The third-order valence-corrected chi connectivity index (χ3v) is 8.10. The predicted molar refractivity (Wildman–Crippen MR) is 178 cm³/mol. The van der Waals surface area contributed by atoms with Crippen molar-refractivity contribution in [2.75, 3.05) is 26.4 Å². The number of hydrogen-bond acceptors (Lipinski definition) is 7. The van der Waals surface area contributed by atoms with Gasteiger partial charge in [0.2, 0.25) is 5.91 Å². The molecule has 0 rings (SSSR count). The Balaban J connectivity index is 3.67. The van der Waals surface area contributed by atoms with Crippen LogP contribution in [0.2, 0.25) is 0 Å². The molecule has 0 aliphatic rings. The van der Waals surface area contributed by atoms with Crippen molar-refractivity contribution in [1.82, 2.24) is 5.32 Å². The van der Waals surface area contributed by atoms with Crippen LogP contribution in [0.5, 0.6) is 0 Å². The second kappa shape index (κ2) is 31.5. The quantitative estimate of drug-likeness (QED) is 0.0287. The minimum absolute atomic E-state index is 0.0821. The van der Waals surface area contributed by atoms with Crippen LogP contribution in [0, 0.1) is 0 Å². The number of amides is 1. The molecule has 0 fully saturated rings. The molecule has 0 aliphatic heterocycles. The van der Waals surface area contributed by atoms with Crippen LogP contribution in [-0.4, -0.2) is 54.3 Å². The highest BCUT2D eigenvalue weighted by Gasteiger charge is 2.23. The molecule has 0 saturated carbocycles. The van der Waals surface area contributed by atoms with Crippen molar-refractivity contribution >= 4 is 19.7 Å². The Morgan fingerprint density at radius 3 is 1.91 bits per heavy atom. The summed E-state index contributed by atoms with van der Waals surface area (Å²) in [6.45, 7) is 3.43. The van der Waals surface area contributed by atoms with Gasteiger partial charge in [0.1, 0.15) is 12.7 Å². The Morgan fingerprint density at radius 2 is 1.27 bits per heavy atom. The van der Waals surface area contributed by atoms with Crippen LogP contribution in [0.3, 0.4) is 0 Å². The fourth-order valence-electron chi connectivity index (χ4n) is 4.47. The van der Waals surface area contributed by atoms with Crippen LogP contribution in [-0.2, 0) is 27.9 Å². The van der Waals surface area contributed by atoms with E-state index in [9.17, 15) is 24.2 Å². The number of phosphoric acid groups is 1. The Morgan fingerprint density at radius 1 is 0.705 bits per heavy atom. The number of rotatable bonds is 32. The fourth-order valence-corrected chi connectivity index (χ4v) is 5.23. The van der Waals surface area contributed by atoms with Gasteiger partial charge in [0.15, 0.2) is 0 Å². The lowest BCUT2D eigenvalue weighted by Gasteiger charge is -2.15. The number of unbranched alkanes of at least 4 members (excludes halogenated alkanes) is 15. The first-order valence-electron chi connectivity index (χ1n) is 17.3. The molecule has 3 N–H and O–H groups in total. The smallest absolute Gasteiger partial charge is 0.463 e. The Labute approximate surface area is 268 Å². The summed E-state index contributed by atoms with van der Waals surface area (Å²) in [7, 11) is -4.40. The maximum Gasteiger partial charge on any atom is 0.472 e. The lowest BCUT2D eigenvalue weighted by Crippen LogP contribution is -2.27. The van der Waals surface area contributed by atoms with Gasteiger partial charge < -0.3 is 20.1 Å². The van der Waals surface area contributed by atoms with E-state index in [1.165, 1.54) is 51.4 Å². The maximum absolute atomic E-state index is 12.0. The van der Waals surface area contributed by atoms with E-state index >= 15 is 0 Å². The molecule has 0 aromatic heterocycles. The zero-order chi connectivity index (χ0) is 32.6. The first-order valence-corrected chi connectivity index (χ1v) is 18.8. The van der Waals surface area contributed by atoms with Crippen molar-refractivity contribution in [1.29, 1.82) is 0 Å². The van der Waals surface area contributed by atoms with Crippen LogP contribution in [0.25, 0.3) is 0 Å². The van der Waals surface area contributed by atoms with Crippen molar-refractivity contribution < 1.29 is 37.9 Å². The number of ether oxygens (including phenoxy) is 1. The molecular formula is C34H64NO8P. The van der Waals surface area contributed by atoms with Gasteiger partial charge in [-0.2, -0.15) is 0 Å². The van der Waals surface area contributed by atoms with E-state index in [2.05, 4.69) is 43.5 Å². The molecule has 0 heterocycles. The number of nitrogens with one attached hydrogen (secondary N) is 1. The zero-order valence-electron chi connectivity index (χ0n) is 27.9. The van der Waals surface area contributed by atoms with Crippen LogP contribution in [0.4, 0.5) is 0 Å². The average molecular weight is 646 g/mol. The highest BCUT2D eigenvalue weighted by Crippen LogP contribution is 2.42. The molecule has 9 nitrogen and oxygen atoms in total. The Kier molecular flexibility index (Phi) is 30.4. The number of phosphoric ester groups is 1. The van der Waals surface area contributed by atoms with Gasteiger partial charge in [0, 0.05) is 19.4 Å². The third kappa shape index (κ3) is 31.9. The number of carbonyl (C=O) groups excluding carboxylic acids is 2. The molecule has 0 aromatic rings. The van der Waals surface area contributed by atoms with Crippen LogP contribution < -0.4 is 5.32 Å². The van der Waals surface area contributed by atoms with Gasteiger partial charge in [-0.15, -0.1) is 0 Å². The predicted octanol–water partition coefficient (Wildman–Crippen LogP) is 8.48. The molecule has 0 bridgehead atoms. The van der Waals surface area contributed by atoms with Crippen molar-refractivity contribution in [3.8, 4) is 0 Å². The molecule has 0 aromatic carbocycles. The summed E-state index contributed by atoms with van der Waals surface area (Å²) in [5, 5.41) is 12.6. The number of allylic oxidation sites excluding steroid dienone is 4. The molecular weight excluding hydrogens is 581 g/mol. The molecule has 0 aliphatic carbocycles. The van der Waals surface area contributed by atoms with Crippen LogP contribution >= 0.6 is 7.82 Å². The second-order valence-electron chi connectivity index (χ2n) is 11.5. The van der Waals surface area contributed by atoms with Gasteiger partial charge in [0.05, 0.1) is 13.2 Å². The van der Waals surface area contributed by atoms with Gasteiger partial charge >= 0.3 is 13.8 Å². The number of carbonyl (C=O) groups is 2. The fraction of sp³-hybridized carbons (Fsp3) is 0.824. The summed E-state index contributed by atoms with van der Waals surface area (Å²) in [5.41, 5.74) is 0. The van der Waals surface area contributed by atoms with Crippen molar-refractivity contribution in [2.45, 2.75) is 155 Å². The number of esters is 1. The number of hydrogen-bond donors (Lipinski definition) is 3. The summed E-state index contributed by atoms with van der Waals surface area (Å²) in [6.07, 6.45) is 29.6. The van der Waals surface area contributed by atoms with Crippen LogP contribution in [0.15, 0.2) is 24.3 Å². The molecule has 2 atom stereocenters. The minimum Gasteiger partial charge on any atom is -0.463 e. The summed E-state index contributed by atoms with van der Waals surface area (Å²) in [4.78, 5) is 33.6. The molecule has 2 unspecified atom stereocenters. The van der Waals surface area contributed by atoms with E-state index in [4.69, 9.17) is 13.8 Å². The molecule has 10 heteroatoms. The lowest BCUT2D eigenvalue weighted by molar-refractivity contribution is -0.147. The van der Waals surface area contributed by atoms with Gasteiger partial charge in [-0.3, -0.25) is 18.6 Å². The summed E-state index contributed by atoms with van der Waals surface area (Å²) in [5.74, 6) is -0.534. The molecule has 258 valence electrons. The highest BCUT2D eigenvalue weighted by molar-refractivity contribution is 7.47. The molecule has 0 radical (unpaired) electrons. The van der Waals surface area contributed by atoms with Gasteiger partial charge in [0.25, 0.3) is 0 Å². The van der Waals surface area contributed by atoms with Crippen molar-refractivity contribution in [3.63, 3.8) is 0 Å². The SMILES string of the molecule is CCC/C=C\C/C=C\CCCCCCCC(=O)OCC(O)COP(=O)(O)OCCNC(=O)CCCCCCCCCCCC. The average Bonchev–Trinajstić information content (AvgIpc) is 3.00. The maximum atomic E-state index is 12.0. The summed E-state index contributed by atoms with van der Waals surface area (Å²) < 4.78 is 26.6. The standard InChI is InChI=1S/C34H64NO8P/c1-3-5-7-9-11-13-15-16-17-19-21-23-25-27-34(38)41-30-32(36)31-43-44(39,40)42-29-28-35-33(37)26-24-22-20-18-14-12-10-8-6-4-2/h7,9,13,15,32,36H,3-6,8,10-12,14,16-31H2,1-2H3,(H,35,37)(H,39,40)/b9-7-,15-13-. The topological polar surface area (TPSA) is 131 Å². The Bertz CT molecular complexity index is 789. The number of aliphatic hydroxyl groups excluding tert-OH is 1. The normalized spacial score (nSPS) is 13.8. The third-order valence-electron chi connectivity index (χ3n) is 7.12. The summed E-state index contributed by atoms with van der Waals surface area (Å²) in [6, 6.07) is 0. The van der Waals surface area contributed by atoms with Gasteiger partial charge in [-0.05, 0) is 38.5 Å². The van der Waals surface area contributed by atoms with Crippen molar-refractivity contribution in [3.05, 3.63) is 24.3 Å². The Hall–Kier alpha value is -1.51. The first kappa shape index (κ1) is 42.5. The minimum atomic E-state index is -4.40. The molecule has 0 saturated heterocycles. The van der Waals surface area contributed by atoms with E-state index in [1.54, 1.807) is 0 Å². The largest absolute Gasteiger partial charge is 0.472 e. The van der Waals surface area contributed by atoms with Gasteiger partial charge in [-0.25, -0.2) is 4.57 Å². The van der Waals surface area contributed by atoms with E-state index < -0.39 is 26.5 Å². The molecule has 0 spiro atoms.